The van der Waals surface area contributed by atoms with Gasteiger partial charge in [-0.15, -0.1) is 0 Å². The maximum Gasteiger partial charge on any atom is 0.264 e. The first-order valence-corrected chi connectivity index (χ1v) is 13.2. The Morgan fingerprint density at radius 1 is 0.943 bits per heavy atom. The lowest BCUT2D eigenvalue weighted by Gasteiger charge is -2.27. The molecule has 6 nitrogen and oxygen atoms in total. The molecule has 7 heteroatoms. The van der Waals surface area contributed by atoms with Crippen LogP contribution >= 0.6 is 0 Å². The lowest BCUT2D eigenvalue weighted by Crippen LogP contribution is -2.41. The molecule has 0 aromatic heterocycles. The quantitative estimate of drug-likeness (QED) is 0.433. The number of aryl methyl sites for hydroxylation is 4. The maximum absolute atomic E-state index is 13.7. The molecule has 0 aliphatic carbocycles. The normalized spacial score (nSPS) is 12.2. The number of rotatable bonds is 9. The number of anilines is 1. The smallest absolute Gasteiger partial charge is 0.264 e. The van der Waals surface area contributed by atoms with Gasteiger partial charge in [0.05, 0.1) is 23.2 Å². The Hall–Kier alpha value is -3.32. The highest BCUT2D eigenvalue weighted by molar-refractivity contribution is 7.92. The van der Waals surface area contributed by atoms with Gasteiger partial charge in [-0.05, 0) is 88.1 Å². The van der Waals surface area contributed by atoms with Crippen molar-refractivity contribution in [3.8, 4) is 5.75 Å². The van der Waals surface area contributed by atoms with E-state index in [0.29, 0.717) is 18.0 Å². The van der Waals surface area contributed by atoms with E-state index in [1.807, 2.05) is 34.6 Å². The van der Waals surface area contributed by atoms with E-state index in [9.17, 15) is 13.2 Å². The molecule has 3 rings (SSSR count). The van der Waals surface area contributed by atoms with E-state index in [-0.39, 0.29) is 17.5 Å². The fraction of sp³-hybridized carbons (Fsp3) is 0.321. The Kier molecular flexibility index (Phi) is 8.22. The number of carbonyl (C=O) groups excluding carboxylic acids is 1. The summed E-state index contributed by atoms with van der Waals surface area (Å²) in [6, 6.07) is 17.3. The van der Waals surface area contributed by atoms with Gasteiger partial charge >= 0.3 is 0 Å². The Labute approximate surface area is 209 Å². The average Bonchev–Trinajstić information content (AvgIpc) is 2.80. The summed E-state index contributed by atoms with van der Waals surface area (Å²) in [4.78, 5) is 13.3. The standard InChI is InChI=1S/C28H34N2O4S/c1-7-34-27-11-9-8-10-26(27)30(35(32,33)24-14-12-19(2)13-15-24)18-28(31)29-23(6)25-17-21(4)20(3)16-22(25)5/h8-17,23H,7,18H2,1-6H3,(H,29,31)/t23-/m1/s1. The predicted octanol–water partition coefficient (Wildman–Crippen LogP) is 5.39. The van der Waals surface area contributed by atoms with Crippen LogP contribution in [0.25, 0.3) is 0 Å². The van der Waals surface area contributed by atoms with E-state index in [4.69, 9.17) is 4.74 Å². The zero-order valence-corrected chi connectivity index (χ0v) is 22.1. The molecule has 0 radical (unpaired) electrons. The van der Waals surface area contributed by atoms with Crippen LogP contribution in [0.1, 0.15) is 47.7 Å². The lowest BCUT2D eigenvalue weighted by atomic mass is 9.96. The van der Waals surface area contributed by atoms with Crippen molar-refractivity contribution in [3.05, 3.63) is 88.5 Å². The fourth-order valence-corrected chi connectivity index (χ4v) is 5.45. The van der Waals surface area contributed by atoms with Gasteiger partial charge in [0.1, 0.15) is 12.3 Å². The third-order valence-corrected chi connectivity index (χ3v) is 7.83. The van der Waals surface area contributed by atoms with Gasteiger partial charge in [0.2, 0.25) is 5.91 Å². The first-order chi connectivity index (χ1) is 16.5. The second kappa shape index (κ2) is 11.0. The van der Waals surface area contributed by atoms with Crippen LogP contribution in [0, 0.1) is 27.7 Å². The molecule has 1 amide bonds. The van der Waals surface area contributed by atoms with Crippen molar-refractivity contribution in [2.24, 2.45) is 0 Å². The zero-order chi connectivity index (χ0) is 25.8. The van der Waals surface area contributed by atoms with Gasteiger partial charge in [0.15, 0.2) is 0 Å². The summed E-state index contributed by atoms with van der Waals surface area (Å²) in [6.07, 6.45) is 0. The minimum Gasteiger partial charge on any atom is -0.492 e. The minimum atomic E-state index is -4.04. The number of carbonyl (C=O) groups is 1. The highest BCUT2D eigenvalue weighted by atomic mass is 32.2. The Balaban J connectivity index is 1.96. The Morgan fingerprint density at radius 2 is 1.57 bits per heavy atom. The van der Waals surface area contributed by atoms with Crippen molar-refractivity contribution in [1.29, 1.82) is 0 Å². The first-order valence-electron chi connectivity index (χ1n) is 11.7. The SMILES string of the molecule is CCOc1ccccc1N(CC(=O)N[C@H](C)c1cc(C)c(C)cc1C)S(=O)(=O)c1ccc(C)cc1. The van der Waals surface area contributed by atoms with Gasteiger partial charge < -0.3 is 10.1 Å². The van der Waals surface area contributed by atoms with E-state index in [0.717, 1.165) is 26.6 Å². The number of amides is 1. The first kappa shape index (κ1) is 26.3. The van der Waals surface area contributed by atoms with Crippen molar-refractivity contribution in [2.75, 3.05) is 17.5 Å². The van der Waals surface area contributed by atoms with Crippen molar-refractivity contribution >= 4 is 21.6 Å². The van der Waals surface area contributed by atoms with Gasteiger partial charge in [0.25, 0.3) is 10.0 Å². The number of ether oxygens (including phenoxy) is 1. The zero-order valence-electron chi connectivity index (χ0n) is 21.3. The van der Waals surface area contributed by atoms with Crippen LogP contribution in [0.4, 0.5) is 5.69 Å². The molecule has 0 saturated carbocycles. The fourth-order valence-electron chi connectivity index (χ4n) is 4.02. The van der Waals surface area contributed by atoms with Crippen LogP contribution in [-0.4, -0.2) is 27.5 Å². The molecule has 0 spiro atoms. The van der Waals surface area contributed by atoms with Crippen LogP contribution in [0.15, 0.2) is 65.6 Å². The summed E-state index contributed by atoms with van der Waals surface area (Å²) >= 11 is 0. The van der Waals surface area contributed by atoms with E-state index >= 15 is 0 Å². The second-order valence-electron chi connectivity index (χ2n) is 8.81. The van der Waals surface area contributed by atoms with Crippen molar-refractivity contribution in [2.45, 2.75) is 52.5 Å². The van der Waals surface area contributed by atoms with Crippen LogP contribution in [0.3, 0.4) is 0 Å². The highest BCUT2D eigenvalue weighted by Crippen LogP contribution is 2.32. The van der Waals surface area contributed by atoms with Crippen LogP contribution < -0.4 is 14.4 Å². The Bertz CT molecular complexity index is 1300. The summed E-state index contributed by atoms with van der Waals surface area (Å²) in [6.45, 7) is 11.7. The summed E-state index contributed by atoms with van der Waals surface area (Å²) in [5.74, 6) is -0.00587. The van der Waals surface area contributed by atoms with Crippen molar-refractivity contribution in [3.63, 3.8) is 0 Å². The topological polar surface area (TPSA) is 75.7 Å². The monoisotopic (exact) mass is 494 g/mol. The van der Waals surface area contributed by atoms with Gasteiger partial charge in [-0.3, -0.25) is 9.10 Å². The number of para-hydroxylation sites is 2. The molecule has 0 heterocycles. The summed E-state index contributed by atoms with van der Waals surface area (Å²) in [7, 11) is -4.04. The van der Waals surface area contributed by atoms with Gasteiger partial charge in [-0.1, -0.05) is 42.0 Å². The molecule has 0 unspecified atom stereocenters. The minimum absolute atomic E-state index is 0.111. The predicted molar refractivity (Wildman–Crippen MR) is 141 cm³/mol. The lowest BCUT2D eigenvalue weighted by molar-refractivity contribution is -0.120. The molecule has 1 N–H and O–H groups in total. The summed E-state index contributed by atoms with van der Waals surface area (Å²) in [5.41, 5.74) is 5.67. The molecular formula is C28H34N2O4S. The largest absolute Gasteiger partial charge is 0.492 e. The third-order valence-electron chi connectivity index (χ3n) is 6.06. The third kappa shape index (κ3) is 6.03. The molecule has 1 atom stereocenters. The van der Waals surface area contributed by atoms with Crippen LogP contribution in [0.5, 0.6) is 5.75 Å². The molecule has 35 heavy (non-hydrogen) atoms. The number of nitrogens with one attached hydrogen (secondary N) is 1. The number of hydrogen-bond donors (Lipinski definition) is 1. The summed E-state index contributed by atoms with van der Waals surface area (Å²) < 4.78 is 34.3. The molecule has 0 fully saturated rings. The van der Waals surface area contributed by atoms with Gasteiger partial charge in [-0.2, -0.15) is 0 Å². The molecular weight excluding hydrogens is 460 g/mol. The van der Waals surface area contributed by atoms with Crippen LogP contribution in [-0.2, 0) is 14.8 Å². The number of sulfonamides is 1. The molecule has 186 valence electrons. The van der Waals surface area contributed by atoms with E-state index in [2.05, 4.69) is 24.4 Å². The van der Waals surface area contributed by atoms with E-state index in [1.165, 1.54) is 5.56 Å². The maximum atomic E-state index is 13.7. The molecule has 0 bridgehead atoms. The molecule has 0 aliphatic heterocycles. The van der Waals surface area contributed by atoms with Crippen molar-refractivity contribution < 1.29 is 17.9 Å². The Morgan fingerprint density at radius 3 is 2.23 bits per heavy atom. The van der Waals surface area contributed by atoms with Crippen molar-refractivity contribution in [1.82, 2.24) is 5.32 Å². The molecule has 3 aromatic carbocycles. The summed E-state index contributed by atoms with van der Waals surface area (Å²) in [5, 5.41) is 2.98. The van der Waals surface area contributed by atoms with Crippen LogP contribution in [0.2, 0.25) is 0 Å². The van der Waals surface area contributed by atoms with Gasteiger partial charge in [-0.25, -0.2) is 8.42 Å². The average molecular weight is 495 g/mol. The number of benzene rings is 3. The number of nitrogens with zero attached hydrogens (tertiary/aromatic N) is 1. The molecule has 0 aliphatic rings. The number of hydrogen-bond acceptors (Lipinski definition) is 4. The molecule has 0 saturated heterocycles. The molecule has 3 aromatic rings. The van der Waals surface area contributed by atoms with Gasteiger partial charge in [0, 0.05) is 0 Å². The van der Waals surface area contributed by atoms with E-state index in [1.54, 1.807) is 48.5 Å². The second-order valence-corrected chi connectivity index (χ2v) is 10.7. The van der Waals surface area contributed by atoms with E-state index < -0.39 is 15.9 Å². The highest BCUT2D eigenvalue weighted by Gasteiger charge is 2.30.